The molecule has 1 aliphatic rings. The first-order chi connectivity index (χ1) is 9.75. The highest BCUT2D eigenvalue weighted by molar-refractivity contribution is 7.88. The standard InChI is InChI=1S/C15H30N2O3S/c1-5-14-8-6-7-10-17(14)15(18)12-16(21(4,19)20)11-9-13(2)3/h13-14H,5-12H2,1-4H3. The van der Waals surface area contributed by atoms with Gasteiger partial charge in [-0.1, -0.05) is 20.8 Å². The second-order valence-electron chi connectivity index (χ2n) is 6.42. The van der Waals surface area contributed by atoms with Crippen molar-refractivity contribution < 1.29 is 13.2 Å². The van der Waals surface area contributed by atoms with Gasteiger partial charge < -0.3 is 4.90 Å². The maximum Gasteiger partial charge on any atom is 0.238 e. The van der Waals surface area contributed by atoms with Crippen molar-refractivity contribution in [2.45, 2.75) is 58.9 Å². The highest BCUT2D eigenvalue weighted by Gasteiger charge is 2.28. The predicted molar refractivity (Wildman–Crippen MR) is 85.5 cm³/mol. The molecule has 1 aliphatic heterocycles. The van der Waals surface area contributed by atoms with E-state index in [0.29, 0.717) is 12.5 Å². The minimum atomic E-state index is -3.33. The molecule has 1 unspecified atom stereocenters. The molecule has 6 heteroatoms. The van der Waals surface area contributed by atoms with Crippen LogP contribution < -0.4 is 0 Å². The lowest BCUT2D eigenvalue weighted by molar-refractivity contribution is -0.135. The fraction of sp³-hybridized carbons (Fsp3) is 0.933. The average Bonchev–Trinajstić information content (AvgIpc) is 2.41. The summed E-state index contributed by atoms with van der Waals surface area (Å²) in [4.78, 5) is 14.4. The van der Waals surface area contributed by atoms with E-state index >= 15 is 0 Å². The van der Waals surface area contributed by atoms with Gasteiger partial charge in [-0.2, -0.15) is 4.31 Å². The van der Waals surface area contributed by atoms with E-state index in [-0.39, 0.29) is 18.5 Å². The second kappa shape index (κ2) is 8.13. The molecule has 1 fully saturated rings. The van der Waals surface area contributed by atoms with Crippen LogP contribution >= 0.6 is 0 Å². The molecule has 0 N–H and O–H groups in total. The van der Waals surface area contributed by atoms with E-state index in [4.69, 9.17) is 0 Å². The molecule has 1 amide bonds. The van der Waals surface area contributed by atoms with E-state index in [1.807, 2.05) is 4.90 Å². The van der Waals surface area contributed by atoms with Gasteiger partial charge in [-0.15, -0.1) is 0 Å². The van der Waals surface area contributed by atoms with Gasteiger partial charge in [0.1, 0.15) is 0 Å². The van der Waals surface area contributed by atoms with Crippen LogP contribution in [0.4, 0.5) is 0 Å². The number of hydrogen-bond donors (Lipinski definition) is 0. The number of amides is 1. The number of sulfonamides is 1. The number of carbonyl (C=O) groups is 1. The average molecular weight is 318 g/mol. The van der Waals surface area contributed by atoms with Crippen molar-refractivity contribution in [3.63, 3.8) is 0 Å². The van der Waals surface area contributed by atoms with Gasteiger partial charge in [0.15, 0.2) is 0 Å². The number of piperidine rings is 1. The lowest BCUT2D eigenvalue weighted by Crippen LogP contribution is -2.49. The van der Waals surface area contributed by atoms with Gasteiger partial charge in [0.2, 0.25) is 15.9 Å². The van der Waals surface area contributed by atoms with Crippen LogP contribution in [0.2, 0.25) is 0 Å². The largest absolute Gasteiger partial charge is 0.339 e. The van der Waals surface area contributed by atoms with Crippen LogP contribution in [0, 0.1) is 5.92 Å². The lowest BCUT2D eigenvalue weighted by atomic mass is 10.00. The van der Waals surface area contributed by atoms with Gasteiger partial charge in [0.05, 0.1) is 12.8 Å². The SMILES string of the molecule is CCC1CCCCN1C(=O)CN(CCC(C)C)S(C)(=O)=O. The second-order valence-corrected chi connectivity index (χ2v) is 8.41. The van der Waals surface area contributed by atoms with E-state index < -0.39 is 10.0 Å². The molecule has 0 aliphatic carbocycles. The summed E-state index contributed by atoms with van der Waals surface area (Å²) in [5.74, 6) is 0.374. The Hall–Kier alpha value is -0.620. The summed E-state index contributed by atoms with van der Waals surface area (Å²) >= 11 is 0. The number of hydrogen-bond acceptors (Lipinski definition) is 3. The van der Waals surface area contributed by atoms with Crippen LogP contribution in [0.25, 0.3) is 0 Å². The first kappa shape index (κ1) is 18.4. The molecule has 0 aromatic heterocycles. The Kier molecular flexibility index (Phi) is 7.13. The minimum absolute atomic E-state index is 0.0119. The molecule has 0 radical (unpaired) electrons. The van der Waals surface area contributed by atoms with Crippen molar-refractivity contribution in [2.75, 3.05) is 25.9 Å². The molecule has 1 atom stereocenters. The van der Waals surface area contributed by atoms with Crippen molar-refractivity contribution in [3.05, 3.63) is 0 Å². The smallest absolute Gasteiger partial charge is 0.238 e. The Balaban J connectivity index is 2.70. The van der Waals surface area contributed by atoms with Gasteiger partial charge in [-0.05, 0) is 38.0 Å². The third kappa shape index (κ3) is 5.94. The molecular weight excluding hydrogens is 288 g/mol. The van der Waals surface area contributed by atoms with E-state index in [1.165, 1.54) is 10.6 Å². The predicted octanol–water partition coefficient (Wildman–Crippen LogP) is 2.09. The Morgan fingerprint density at radius 2 is 2.00 bits per heavy atom. The Labute approximate surface area is 129 Å². The van der Waals surface area contributed by atoms with Gasteiger partial charge in [0.25, 0.3) is 0 Å². The fourth-order valence-corrected chi connectivity index (χ4v) is 3.54. The molecule has 5 nitrogen and oxygen atoms in total. The summed E-state index contributed by atoms with van der Waals surface area (Å²) in [5.41, 5.74) is 0. The summed E-state index contributed by atoms with van der Waals surface area (Å²) in [6.07, 6.45) is 6.12. The molecule has 0 saturated carbocycles. The normalized spacial score (nSPS) is 20.3. The fourth-order valence-electron chi connectivity index (χ4n) is 2.76. The molecule has 0 bridgehead atoms. The van der Waals surface area contributed by atoms with Gasteiger partial charge in [-0.3, -0.25) is 4.79 Å². The van der Waals surface area contributed by atoms with Crippen molar-refractivity contribution in [1.82, 2.24) is 9.21 Å². The first-order valence-corrected chi connectivity index (χ1v) is 9.85. The minimum Gasteiger partial charge on any atom is -0.339 e. The highest BCUT2D eigenvalue weighted by atomic mass is 32.2. The zero-order valence-electron chi connectivity index (χ0n) is 13.8. The molecule has 124 valence electrons. The van der Waals surface area contributed by atoms with Gasteiger partial charge in [-0.25, -0.2) is 8.42 Å². The summed E-state index contributed by atoms with van der Waals surface area (Å²) in [6.45, 7) is 7.37. The van der Waals surface area contributed by atoms with Crippen LogP contribution in [0.5, 0.6) is 0 Å². The van der Waals surface area contributed by atoms with E-state index in [9.17, 15) is 13.2 Å². The summed E-state index contributed by atoms with van der Waals surface area (Å²) in [7, 11) is -3.33. The van der Waals surface area contributed by atoms with Crippen LogP contribution in [-0.2, 0) is 14.8 Å². The van der Waals surface area contributed by atoms with Crippen molar-refractivity contribution in [1.29, 1.82) is 0 Å². The number of carbonyl (C=O) groups excluding carboxylic acids is 1. The van der Waals surface area contributed by atoms with Gasteiger partial charge >= 0.3 is 0 Å². The maximum atomic E-state index is 12.5. The Morgan fingerprint density at radius 3 is 2.52 bits per heavy atom. The molecule has 21 heavy (non-hydrogen) atoms. The van der Waals surface area contributed by atoms with Crippen LogP contribution in [0.1, 0.15) is 52.9 Å². The zero-order chi connectivity index (χ0) is 16.0. The van der Waals surface area contributed by atoms with E-state index in [2.05, 4.69) is 20.8 Å². The van der Waals surface area contributed by atoms with E-state index in [0.717, 1.165) is 38.6 Å². The quantitative estimate of drug-likeness (QED) is 0.722. The maximum absolute atomic E-state index is 12.5. The third-order valence-electron chi connectivity index (χ3n) is 4.16. The van der Waals surface area contributed by atoms with E-state index in [1.54, 1.807) is 0 Å². The van der Waals surface area contributed by atoms with Crippen molar-refractivity contribution >= 4 is 15.9 Å². The zero-order valence-corrected chi connectivity index (χ0v) is 14.7. The molecule has 0 aromatic rings. The molecule has 1 saturated heterocycles. The Morgan fingerprint density at radius 1 is 1.33 bits per heavy atom. The molecule has 0 aromatic carbocycles. The lowest BCUT2D eigenvalue weighted by Gasteiger charge is -2.36. The number of likely N-dealkylation sites (tertiary alicyclic amines) is 1. The van der Waals surface area contributed by atoms with Crippen LogP contribution in [0.3, 0.4) is 0 Å². The summed E-state index contributed by atoms with van der Waals surface area (Å²) < 4.78 is 25.1. The topological polar surface area (TPSA) is 57.7 Å². The number of rotatable bonds is 7. The van der Waals surface area contributed by atoms with Crippen LogP contribution in [-0.4, -0.2) is 55.5 Å². The monoisotopic (exact) mass is 318 g/mol. The van der Waals surface area contributed by atoms with Crippen molar-refractivity contribution in [3.8, 4) is 0 Å². The third-order valence-corrected chi connectivity index (χ3v) is 5.40. The molecule has 1 heterocycles. The highest BCUT2D eigenvalue weighted by Crippen LogP contribution is 2.20. The molecular formula is C15H30N2O3S. The summed E-state index contributed by atoms with van der Waals surface area (Å²) in [5, 5.41) is 0. The van der Waals surface area contributed by atoms with Crippen LogP contribution in [0.15, 0.2) is 0 Å². The molecule has 1 rings (SSSR count). The molecule has 0 spiro atoms. The van der Waals surface area contributed by atoms with Crippen molar-refractivity contribution in [2.24, 2.45) is 5.92 Å². The first-order valence-electron chi connectivity index (χ1n) is 8.00. The van der Waals surface area contributed by atoms with Gasteiger partial charge in [0, 0.05) is 19.1 Å². The Bertz CT molecular complexity index is 434. The number of nitrogens with zero attached hydrogens (tertiary/aromatic N) is 2. The summed E-state index contributed by atoms with van der Waals surface area (Å²) in [6, 6.07) is 0.276.